The second kappa shape index (κ2) is 9.06. The first-order chi connectivity index (χ1) is 14.6. The van der Waals surface area contributed by atoms with E-state index in [1.54, 1.807) is 28.3 Å². The van der Waals surface area contributed by atoms with Crippen LogP contribution >= 0.6 is 0 Å². The van der Waals surface area contributed by atoms with Gasteiger partial charge in [-0.15, -0.1) is 0 Å². The van der Waals surface area contributed by atoms with Crippen LogP contribution in [0, 0.1) is 0 Å². The van der Waals surface area contributed by atoms with Gasteiger partial charge in [0.05, 0.1) is 12.8 Å². The molecule has 2 fully saturated rings. The van der Waals surface area contributed by atoms with Gasteiger partial charge in [-0.2, -0.15) is 0 Å². The summed E-state index contributed by atoms with van der Waals surface area (Å²) in [6.07, 6.45) is 5.56. The van der Waals surface area contributed by atoms with E-state index in [9.17, 15) is 14.4 Å². The minimum absolute atomic E-state index is 0.0205. The van der Waals surface area contributed by atoms with Crippen LogP contribution in [0.1, 0.15) is 28.6 Å². The summed E-state index contributed by atoms with van der Waals surface area (Å²) in [6.45, 7) is 1.70. The molecule has 2 aliphatic heterocycles. The molecule has 3 N–H and O–H groups in total. The Morgan fingerprint density at radius 1 is 1.10 bits per heavy atom. The first-order valence-corrected chi connectivity index (χ1v) is 9.91. The lowest BCUT2D eigenvalue weighted by atomic mass is 10.0. The van der Waals surface area contributed by atoms with Crippen molar-refractivity contribution in [1.29, 1.82) is 0 Å². The summed E-state index contributed by atoms with van der Waals surface area (Å²) in [5.41, 5.74) is 7.27. The monoisotopic (exact) mass is 412 g/mol. The van der Waals surface area contributed by atoms with Gasteiger partial charge >= 0.3 is 0 Å². The van der Waals surface area contributed by atoms with Gasteiger partial charge in [0.25, 0.3) is 5.91 Å². The molecule has 4 rings (SSSR count). The van der Waals surface area contributed by atoms with Crippen molar-refractivity contribution in [1.82, 2.24) is 31.0 Å². The molecule has 0 bridgehead atoms. The van der Waals surface area contributed by atoms with Crippen LogP contribution in [0.5, 0.6) is 0 Å². The van der Waals surface area contributed by atoms with Gasteiger partial charge in [-0.1, -0.05) is 6.07 Å². The first kappa shape index (κ1) is 20.0. The Bertz CT molecular complexity index is 880. The summed E-state index contributed by atoms with van der Waals surface area (Å²) in [6, 6.07) is 6.72. The van der Waals surface area contributed by atoms with E-state index in [2.05, 4.69) is 21.2 Å². The van der Waals surface area contributed by atoms with Gasteiger partial charge in [0, 0.05) is 44.6 Å². The maximum atomic E-state index is 12.8. The molecule has 10 heteroatoms. The highest BCUT2D eigenvalue weighted by Gasteiger charge is 2.34. The Morgan fingerprint density at radius 2 is 1.90 bits per heavy atom. The zero-order valence-corrected chi connectivity index (χ0v) is 16.4. The Balaban J connectivity index is 1.22. The van der Waals surface area contributed by atoms with Crippen LogP contribution in [0.3, 0.4) is 0 Å². The number of furan rings is 1. The largest absolute Gasteiger partial charge is 0.459 e. The maximum Gasteiger partial charge on any atom is 0.287 e. The topological polar surface area (TPSA) is 120 Å². The van der Waals surface area contributed by atoms with Gasteiger partial charge in [-0.3, -0.25) is 19.4 Å². The van der Waals surface area contributed by atoms with Crippen LogP contribution in [-0.2, 0) is 9.59 Å². The highest BCUT2D eigenvalue weighted by atomic mass is 16.3. The Hall–Kier alpha value is -3.24. The molecule has 2 aromatic heterocycles. The number of piperazine rings is 1. The zero-order chi connectivity index (χ0) is 20.9. The fraction of sp³-hybridized carbons (Fsp3) is 0.400. The van der Waals surface area contributed by atoms with Gasteiger partial charge < -0.3 is 19.5 Å². The van der Waals surface area contributed by atoms with E-state index >= 15 is 0 Å². The van der Waals surface area contributed by atoms with E-state index in [0.29, 0.717) is 32.6 Å². The van der Waals surface area contributed by atoms with E-state index in [1.165, 1.54) is 12.3 Å². The minimum atomic E-state index is -0.426. The van der Waals surface area contributed by atoms with E-state index in [4.69, 9.17) is 4.42 Å². The second-order valence-corrected chi connectivity index (χ2v) is 7.28. The highest BCUT2D eigenvalue weighted by molar-refractivity contribution is 5.94. The van der Waals surface area contributed by atoms with Crippen LogP contribution in [0.25, 0.3) is 0 Å². The van der Waals surface area contributed by atoms with Crippen LogP contribution in [0.4, 0.5) is 0 Å². The fourth-order valence-electron chi connectivity index (χ4n) is 3.68. The lowest BCUT2D eigenvalue weighted by molar-refractivity contribution is -0.140. The molecule has 2 unspecified atom stereocenters. The van der Waals surface area contributed by atoms with Gasteiger partial charge in [0.2, 0.25) is 11.8 Å². The average molecular weight is 412 g/mol. The highest BCUT2D eigenvalue weighted by Crippen LogP contribution is 2.22. The quantitative estimate of drug-likeness (QED) is 0.616. The Kier molecular flexibility index (Phi) is 6.05. The van der Waals surface area contributed by atoms with Crippen molar-refractivity contribution in [2.75, 3.05) is 32.7 Å². The third-order valence-electron chi connectivity index (χ3n) is 5.38. The molecule has 10 nitrogen and oxygen atoms in total. The van der Waals surface area contributed by atoms with E-state index < -0.39 is 5.91 Å². The molecule has 30 heavy (non-hydrogen) atoms. The van der Waals surface area contributed by atoms with Crippen molar-refractivity contribution in [2.24, 2.45) is 0 Å². The molecule has 0 aliphatic carbocycles. The number of hydrazine groups is 1. The van der Waals surface area contributed by atoms with Crippen LogP contribution < -0.4 is 16.2 Å². The summed E-state index contributed by atoms with van der Waals surface area (Å²) in [5.74, 6) is -0.419. The SMILES string of the molecule is O=C(NCC(=O)N1CCN(C(=O)C2CC(c3cccnc3)NN2)CC1)c1ccco1. The number of carbonyl (C=O) groups excluding carboxylic acids is 3. The van der Waals surface area contributed by atoms with E-state index in [1.807, 2.05) is 12.1 Å². The molecule has 0 aromatic carbocycles. The summed E-state index contributed by atoms with van der Waals surface area (Å²) in [7, 11) is 0. The third-order valence-corrected chi connectivity index (χ3v) is 5.38. The van der Waals surface area contributed by atoms with E-state index in [0.717, 1.165) is 5.56 Å². The van der Waals surface area contributed by atoms with Crippen molar-refractivity contribution in [2.45, 2.75) is 18.5 Å². The first-order valence-electron chi connectivity index (χ1n) is 9.91. The minimum Gasteiger partial charge on any atom is -0.459 e. The molecular weight excluding hydrogens is 388 g/mol. The molecule has 0 spiro atoms. The molecule has 2 aliphatic rings. The predicted octanol–water partition coefficient (Wildman–Crippen LogP) is -0.317. The Labute approximate surface area is 173 Å². The van der Waals surface area contributed by atoms with Crippen LogP contribution in [-0.4, -0.2) is 71.3 Å². The number of carbonyl (C=O) groups is 3. The van der Waals surface area contributed by atoms with Crippen LogP contribution in [0.2, 0.25) is 0 Å². The number of nitrogens with one attached hydrogen (secondary N) is 3. The fourth-order valence-corrected chi connectivity index (χ4v) is 3.68. The summed E-state index contributed by atoms with van der Waals surface area (Å²) in [4.78, 5) is 44.6. The summed E-state index contributed by atoms with van der Waals surface area (Å²) >= 11 is 0. The van der Waals surface area contributed by atoms with Gasteiger partial charge in [0.1, 0.15) is 6.04 Å². The van der Waals surface area contributed by atoms with Gasteiger partial charge in [0.15, 0.2) is 5.76 Å². The maximum absolute atomic E-state index is 12.8. The lowest BCUT2D eigenvalue weighted by Gasteiger charge is -2.35. The predicted molar refractivity (Wildman–Crippen MR) is 106 cm³/mol. The number of amides is 3. The standard InChI is InChI=1S/C20H24N6O4/c27-18(13-22-19(28)17-4-2-10-30-17)25-6-8-26(9-7-25)20(29)16-11-15(23-24-16)14-3-1-5-21-12-14/h1-5,10,12,15-16,23-24H,6-9,11,13H2,(H,22,28). The molecule has 158 valence electrons. The molecular formula is C20H24N6O4. The molecule has 2 saturated heterocycles. The van der Waals surface area contributed by atoms with Crippen LogP contribution in [0.15, 0.2) is 47.3 Å². The molecule has 0 radical (unpaired) electrons. The van der Waals surface area contributed by atoms with Crippen molar-refractivity contribution < 1.29 is 18.8 Å². The smallest absolute Gasteiger partial charge is 0.287 e. The van der Waals surface area contributed by atoms with Gasteiger partial charge in [-0.25, -0.2) is 10.9 Å². The second-order valence-electron chi connectivity index (χ2n) is 7.28. The van der Waals surface area contributed by atoms with Crippen molar-refractivity contribution >= 4 is 17.7 Å². The molecule has 0 saturated carbocycles. The number of hydrogen-bond donors (Lipinski definition) is 3. The molecule has 2 atom stereocenters. The van der Waals surface area contributed by atoms with Crippen molar-refractivity contribution in [3.8, 4) is 0 Å². The van der Waals surface area contributed by atoms with Crippen molar-refractivity contribution in [3.05, 3.63) is 54.2 Å². The zero-order valence-electron chi connectivity index (χ0n) is 16.4. The normalized spacial score (nSPS) is 21.5. The number of pyridine rings is 1. The molecule has 3 amide bonds. The number of rotatable bonds is 5. The third kappa shape index (κ3) is 4.50. The number of aromatic nitrogens is 1. The molecule has 4 heterocycles. The summed E-state index contributed by atoms with van der Waals surface area (Å²) in [5, 5.41) is 2.55. The molecule has 2 aromatic rings. The van der Waals surface area contributed by atoms with Gasteiger partial charge in [-0.05, 0) is 30.2 Å². The summed E-state index contributed by atoms with van der Waals surface area (Å²) < 4.78 is 5.00. The van der Waals surface area contributed by atoms with Crippen molar-refractivity contribution in [3.63, 3.8) is 0 Å². The number of hydrogen-bond acceptors (Lipinski definition) is 7. The average Bonchev–Trinajstić information content (AvgIpc) is 3.50. The van der Waals surface area contributed by atoms with E-state index in [-0.39, 0.29) is 36.2 Å². The Morgan fingerprint density at radius 3 is 2.60 bits per heavy atom. The number of nitrogens with zero attached hydrogens (tertiary/aromatic N) is 3. The lowest BCUT2D eigenvalue weighted by Crippen LogP contribution is -2.55.